The second kappa shape index (κ2) is 19.5. The summed E-state index contributed by atoms with van der Waals surface area (Å²) in [4.78, 5) is 15.0. The monoisotopic (exact) mass is 1080 g/mol. The molecule has 4 heterocycles. The smallest absolute Gasteiger partial charge is 0 e. The molecule has 0 spiro atoms. The number of imidazole rings is 1. The van der Waals surface area contributed by atoms with E-state index >= 15 is 0 Å². The molecular formula is C57H58GeIrN4O-2. The molecule has 327 valence electrons. The first-order valence-corrected chi connectivity index (χ1v) is 30.2. The molecule has 0 atom stereocenters. The van der Waals surface area contributed by atoms with E-state index in [0.717, 1.165) is 67.2 Å². The zero-order valence-electron chi connectivity index (χ0n) is 38.3. The molecule has 9 aromatic rings. The van der Waals surface area contributed by atoms with Gasteiger partial charge in [-0.15, -0.1) is 18.2 Å². The van der Waals surface area contributed by atoms with Gasteiger partial charge in [0.15, 0.2) is 0 Å². The molecule has 64 heavy (non-hydrogen) atoms. The standard InChI is InChI=1S/C36H30N3O.C21H28GeN.Ir/c1-22(2)26-16-19-32-31(20-26)37-35(39(32)21-25-12-6-5-7-13-25)29-15-9-14-27-28-17-18-30(38-36(28)40-34(27)29)33-23(3)10-8-11-24(33)4;1-22(2,3)20-16-23-21(18-12-8-5-9-13-18)15-19(20)14-17-10-6-4-7-11-17;/h5-14,16-20,22H,21H2,1-4H3;5,8-9,12,15-17H,4,6-7,10-11,14H2,1-3H3;/q2*-1;. The normalized spacial score (nSPS) is 13.3. The zero-order chi connectivity index (χ0) is 43.7. The van der Waals surface area contributed by atoms with Crippen LogP contribution in [0.1, 0.15) is 79.7 Å². The summed E-state index contributed by atoms with van der Waals surface area (Å²) in [6.07, 6.45) is 10.5. The molecule has 0 amide bonds. The van der Waals surface area contributed by atoms with Crippen molar-refractivity contribution in [2.75, 3.05) is 0 Å². The number of aromatic nitrogens is 4. The molecule has 10 rings (SSSR count). The number of benzene rings is 5. The van der Waals surface area contributed by atoms with Gasteiger partial charge in [-0.3, -0.25) is 4.98 Å². The third kappa shape index (κ3) is 9.61. The van der Waals surface area contributed by atoms with Crippen LogP contribution in [0.15, 0.2) is 132 Å². The molecular weight excluding hydrogens is 1020 g/mol. The maximum Gasteiger partial charge on any atom is 0 e. The minimum atomic E-state index is -1.89. The molecule has 0 aliphatic heterocycles. The average Bonchev–Trinajstić information content (AvgIpc) is 3.84. The van der Waals surface area contributed by atoms with E-state index in [4.69, 9.17) is 19.4 Å². The van der Waals surface area contributed by atoms with Crippen LogP contribution in [-0.4, -0.2) is 32.8 Å². The second-order valence-electron chi connectivity index (χ2n) is 18.9. The number of fused-ring (bicyclic) bond motifs is 4. The Morgan fingerprint density at radius 1 is 0.750 bits per heavy atom. The predicted molar refractivity (Wildman–Crippen MR) is 265 cm³/mol. The maximum atomic E-state index is 6.55. The fourth-order valence-electron chi connectivity index (χ4n) is 9.51. The minimum absolute atomic E-state index is 0. The molecule has 1 saturated carbocycles. The molecule has 0 unspecified atom stereocenters. The van der Waals surface area contributed by atoms with Crippen molar-refractivity contribution in [3.8, 4) is 33.9 Å². The molecule has 1 aliphatic carbocycles. The molecule has 1 fully saturated rings. The Morgan fingerprint density at radius 2 is 1.52 bits per heavy atom. The van der Waals surface area contributed by atoms with E-state index in [9.17, 15) is 0 Å². The number of nitrogens with zero attached hydrogens (tertiary/aromatic N) is 4. The van der Waals surface area contributed by atoms with E-state index < -0.39 is 13.3 Å². The van der Waals surface area contributed by atoms with Crippen LogP contribution in [0, 0.1) is 31.9 Å². The van der Waals surface area contributed by atoms with E-state index in [0.29, 0.717) is 18.2 Å². The Bertz CT molecular complexity index is 3010. The van der Waals surface area contributed by atoms with Gasteiger partial charge in [0.25, 0.3) is 0 Å². The molecule has 0 saturated heterocycles. The second-order valence-corrected chi connectivity index (χ2v) is 29.5. The van der Waals surface area contributed by atoms with Gasteiger partial charge in [-0.05, 0) is 66.3 Å². The van der Waals surface area contributed by atoms with Gasteiger partial charge >= 0.3 is 144 Å². The first-order valence-electron chi connectivity index (χ1n) is 22.8. The van der Waals surface area contributed by atoms with Gasteiger partial charge in [0.2, 0.25) is 5.71 Å². The Morgan fingerprint density at radius 3 is 2.23 bits per heavy atom. The van der Waals surface area contributed by atoms with E-state index in [2.05, 4.69) is 165 Å². The summed E-state index contributed by atoms with van der Waals surface area (Å²) in [5, 5.41) is 2.01. The summed E-state index contributed by atoms with van der Waals surface area (Å²) in [5.74, 6) is 9.59. The number of rotatable bonds is 9. The van der Waals surface area contributed by atoms with Crippen LogP contribution in [0.25, 0.3) is 67.0 Å². The summed E-state index contributed by atoms with van der Waals surface area (Å²) in [6, 6.07) is 49.1. The van der Waals surface area contributed by atoms with E-state index in [1.165, 1.54) is 60.8 Å². The molecule has 4 aromatic heterocycles. The number of pyridine rings is 2. The Balaban J connectivity index is 0.000000199. The van der Waals surface area contributed by atoms with Crippen molar-refractivity contribution in [2.45, 2.75) is 96.0 Å². The Kier molecular flexibility index (Phi) is 13.9. The van der Waals surface area contributed by atoms with Crippen LogP contribution in [-0.2, 0) is 33.1 Å². The number of aryl methyl sites for hydroxylation is 2. The first-order chi connectivity index (χ1) is 30.5. The Labute approximate surface area is 395 Å². The van der Waals surface area contributed by atoms with E-state index in [-0.39, 0.29) is 20.1 Å². The van der Waals surface area contributed by atoms with Crippen LogP contribution in [0.4, 0.5) is 0 Å². The first kappa shape index (κ1) is 45.4. The molecule has 0 bridgehead atoms. The van der Waals surface area contributed by atoms with Crippen molar-refractivity contribution in [3.63, 3.8) is 0 Å². The fourth-order valence-corrected chi connectivity index (χ4v) is 12.8. The number of hydrogen-bond donors (Lipinski definition) is 0. The van der Waals surface area contributed by atoms with Crippen molar-refractivity contribution < 1.29 is 24.5 Å². The average molecular weight is 1080 g/mol. The molecule has 7 heteroatoms. The van der Waals surface area contributed by atoms with Crippen LogP contribution >= 0.6 is 0 Å². The van der Waals surface area contributed by atoms with Gasteiger partial charge < -0.3 is 8.98 Å². The van der Waals surface area contributed by atoms with E-state index in [1.54, 1.807) is 9.96 Å². The summed E-state index contributed by atoms with van der Waals surface area (Å²) in [6.45, 7) is 9.38. The van der Waals surface area contributed by atoms with Crippen LogP contribution in [0.5, 0.6) is 0 Å². The largest absolute Gasteiger partial charge is 0 e. The van der Waals surface area contributed by atoms with Crippen molar-refractivity contribution in [3.05, 3.63) is 167 Å². The zero-order valence-corrected chi connectivity index (χ0v) is 42.8. The quantitative estimate of drug-likeness (QED) is 0.107. The molecule has 0 N–H and O–H groups in total. The molecule has 1 aliphatic rings. The SMILES string of the molecule is Cc1cccc(C)c1-c1ccc2c(n1)oc1c(-c3nc4cc(C(C)C)ccc4n3Cc3ccccc3)[c-]ccc12.[CH3][Ge]([CH3])([CH3])[c]1cnc(-c2[c-]cccc2)cc1CC1CCCCC1.[Ir]. The van der Waals surface area contributed by atoms with Crippen molar-refractivity contribution in [1.82, 2.24) is 19.5 Å². The maximum absolute atomic E-state index is 6.55. The van der Waals surface area contributed by atoms with Gasteiger partial charge in [0.1, 0.15) is 0 Å². The minimum Gasteiger partial charge on any atom is 0 e. The third-order valence-electron chi connectivity index (χ3n) is 12.9. The van der Waals surface area contributed by atoms with Gasteiger partial charge in [-0.25, -0.2) is 4.98 Å². The molecule has 5 aromatic carbocycles. The van der Waals surface area contributed by atoms with Crippen LogP contribution in [0.3, 0.4) is 0 Å². The fraction of sp³-hybridized carbons (Fsp3) is 0.281. The van der Waals surface area contributed by atoms with Gasteiger partial charge in [0.05, 0.1) is 28.1 Å². The number of furan rings is 1. The van der Waals surface area contributed by atoms with Crippen molar-refractivity contribution in [1.29, 1.82) is 0 Å². The predicted octanol–water partition coefficient (Wildman–Crippen LogP) is 14.5. The van der Waals surface area contributed by atoms with Crippen molar-refractivity contribution in [2.24, 2.45) is 5.92 Å². The van der Waals surface area contributed by atoms with Gasteiger partial charge in [-0.1, -0.05) is 79.4 Å². The summed E-state index contributed by atoms with van der Waals surface area (Å²) in [5.41, 5.74) is 15.1. The number of hydrogen-bond acceptors (Lipinski definition) is 4. The van der Waals surface area contributed by atoms with Crippen LogP contribution < -0.4 is 4.40 Å². The van der Waals surface area contributed by atoms with Crippen molar-refractivity contribution >= 4 is 50.8 Å². The third-order valence-corrected chi connectivity index (χ3v) is 17.2. The summed E-state index contributed by atoms with van der Waals surface area (Å²) < 4.78 is 10.4. The molecule has 5 nitrogen and oxygen atoms in total. The Hall–Kier alpha value is -5.14. The molecule has 1 radical (unpaired) electrons. The summed E-state index contributed by atoms with van der Waals surface area (Å²) >= 11 is -1.89. The van der Waals surface area contributed by atoms with Crippen LogP contribution in [0.2, 0.25) is 17.3 Å². The van der Waals surface area contributed by atoms with Gasteiger partial charge in [0, 0.05) is 37.6 Å². The summed E-state index contributed by atoms with van der Waals surface area (Å²) in [7, 11) is 0. The van der Waals surface area contributed by atoms with E-state index in [1.807, 2.05) is 24.3 Å². The van der Waals surface area contributed by atoms with Gasteiger partial charge in [-0.2, -0.15) is 0 Å². The topological polar surface area (TPSA) is 56.7 Å².